The number of benzene rings is 2. The average molecular weight is 361 g/mol. The first-order valence-corrected chi connectivity index (χ1v) is 8.48. The van der Waals surface area contributed by atoms with Crippen molar-refractivity contribution in [2.45, 2.75) is 13.3 Å². The number of halogens is 1. The third kappa shape index (κ3) is 5.00. The van der Waals surface area contributed by atoms with Crippen LogP contribution >= 0.6 is 0 Å². The van der Waals surface area contributed by atoms with E-state index in [0.29, 0.717) is 30.1 Å². The number of allylic oxidation sites excluding steroid dienone is 2. The summed E-state index contributed by atoms with van der Waals surface area (Å²) in [5.41, 5.74) is 1.99. The Bertz CT molecular complexity index is 932. The molecule has 0 radical (unpaired) electrons. The van der Waals surface area contributed by atoms with E-state index in [9.17, 15) is 9.65 Å². The zero-order chi connectivity index (χ0) is 19.6. The zero-order valence-electron chi connectivity index (χ0n) is 15.2. The van der Waals surface area contributed by atoms with E-state index in [4.69, 9.17) is 15.9 Å². The highest BCUT2D eigenvalue weighted by Crippen LogP contribution is 2.35. The highest BCUT2D eigenvalue weighted by molar-refractivity contribution is 5.90. The summed E-state index contributed by atoms with van der Waals surface area (Å²) >= 11 is 0. The van der Waals surface area contributed by atoms with Gasteiger partial charge in [0.1, 0.15) is 12.4 Å². The highest BCUT2D eigenvalue weighted by Gasteiger charge is 2.14. The SMILES string of the molecule is C#CCOc1c(CC=C)cc(C=C(C#N)c2ccccc2F)cc1OCC. The lowest BCUT2D eigenvalue weighted by Crippen LogP contribution is -2.03. The molecule has 0 atom stereocenters. The predicted octanol–water partition coefficient (Wildman–Crippen LogP) is 5.03. The minimum Gasteiger partial charge on any atom is -0.490 e. The van der Waals surface area contributed by atoms with Crippen molar-refractivity contribution in [2.24, 2.45) is 0 Å². The molecule has 2 aromatic rings. The first-order valence-electron chi connectivity index (χ1n) is 8.48. The van der Waals surface area contributed by atoms with E-state index in [1.807, 2.05) is 13.0 Å². The van der Waals surface area contributed by atoms with Crippen molar-refractivity contribution < 1.29 is 13.9 Å². The summed E-state index contributed by atoms with van der Waals surface area (Å²) in [5, 5.41) is 9.50. The van der Waals surface area contributed by atoms with Gasteiger partial charge in [-0.3, -0.25) is 0 Å². The zero-order valence-corrected chi connectivity index (χ0v) is 15.2. The molecule has 4 heteroatoms. The molecule has 0 saturated carbocycles. The quantitative estimate of drug-likeness (QED) is 0.287. The van der Waals surface area contributed by atoms with Gasteiger partial charge in [-0.25, -0.2) is 4.39 Å². The van der Waals surface area contributed by atoms with Crippen molar-refractivity contribution >= 4 is 11.6 Å². The van der Waals surface area contributed by atoms with Crippen molar-refractivity contribution in [2.75, 3.05) is 13.2 Å². The molecule has 0 fully saturated rings. The molecule has 0 aliphatic rings. The van der Waals surface area contributed by atoms with Crippen LogP contribution in [0.15, 0.2) is 49.1 Å². The van der Waals surface area contributed by atoms with E-state index in [0.717, 1.165) is 5.56 Å². The largest absolute Gasteiger partial charge is 0.490 e. The third-order valence-corrected chi connectivity index (χ3v) is 3.71. The molecule has 0 unspecified atom stereocenters. The van der Waals surface area contributed by atoms with Gasteiger partial charge in [0.25, 0.3) is 0 Å². The van der Waals surface area contributed by atoms with E-state index in [-0.39, 0.29) is 17.7 Å². The van der Waals surface area contributed by atoms with Crippen molar-refractivity contribution in [3.63, 3.8) is 0 Å². The highest BCUT2D eigenvalue weighted by atomic mass is 19.1. The molecule has 136 valence electrons. The van der Waals surface area contributed by atoms with Crippen LogP contribution in [0.25, 0.3) is 11.6 Å². The summed E-state index contributed by atoms with van der Waals surface area (Å²) in [7, 11) is 0. The Morgan fingerprint density at radius 2 is 2.07 bits per heavy atom. The second-order valence-electron chi connectivity index (χ2n) is 5.58. The monoisotopic (exact) mass is 361 g/mol. The van der Waals surface area contributed by atoms with Gasteiger partial charge in [0.2, 0.25) is 0 Å². The Morgan fingerprint density at radius 1 is 1.30 bits per heavy atom. The molecule has 0 N–H and O–H groups in total. The van der Waals surface area contributed by atoms with E-state index in [2.05, 4.69) is 18.6 Å². The van der Waals surface area contributed by atoms with Crippen molar-refractivity contribution in [3.05, 3.63) is 71.6 Å². The molecular weight excluding hydrogens is 341 g/mol. The number of hydrogen-bond acceptors (Lipinski definition) is 3. The molecule has 27 heavy (non-hydrogen) atoms. The topological polar surface area (TPSA) is 42.2 Å². The molecule has 0 bridgehead atoms. The predicted molar refractivity (Wildman–Crippen MR) is 106 cm³/mol. The van der Waals surface area contributed by atoms with Gasteiger partial charge in [0.05, 0.1) is 18.2 Å². The first-order chi connectivity index (χ1) is 13.1. The Labute approximate surface area is 159 Å². The molecule has 0 amide bonds. The van der Waals surface area contributed by atoms with E-state index >= 15 is 0 Å². The van der Waals surface area contributed by atoms with Gasteiger partial charge in [0.15, 0.2) is 11.5 Å². The molecule has 0 spiro atoms. The Kier molecular flexibility index (Phi) is 7.23. The molecule has 0 heterocycles. The molecular formula is C23H20FNO2. The number of terminal acetylenes is 1. The minimum atomic E-state index is -0.448. The lowest BCUT2D eigenvalue weighted by Gasteiger charge is -2.15. The molecule has 0 aromatic heterocycles. The molecule has 0 aliphatic heterocycles. The summed E-state index contributed by atoms with van der Waals surface area (Å²) in [6.07, 6.45) is 9.19. The fraction of sp³-hybridized carbons (Fsp3) is 0.174. The Hall–Kier alpha value is -3.50. The lowest BCUT2D eigenvalue weighted by atomic mass is 10.0. The molecule has 0 aliphatic carbocycles. The summed E-state index contributed by atoms with van der Waals surface area (Å²) in [4.78, 5) is 0. The average Bonchev–Trinajstić information content (AvgIpc) is 2.66. The maximum absolute atomic E-state index is 14.1. The minimum absolute atomic E-state index is 0.109. The Balaban J connectivity index is 2.59. The lowest BCUT2D eigenvalue weighted by molar-refractivity contribution is 0.297. The van der Waals surface area contributed by atoms with E-state index in [1.54, 1.807) is 36.4 Å². The van der Waals surface area contributed by atoms with E-state index in [1.165, 1.54) is 6.07 Å². The summed E-state index contributed by atoms with van der Waals surface area (Å²) in [5.74, 6) is 3.06. The number of nitriles is 1. The number of hydrogen-bond donors (Lipinski definition) is 0. The molecule has 0 saturated heterocycles. The van der Waals surface area contributed by atoms with Crippen LogP contribution in [-0.2, 0) is 6.42 Å². The van der Waals surface area contributed by atoms with Gasteiger partial charge in [0, 0.05) is 11.1 Å². The third-order valence-electron chi connectivity index (χ3n) is 3.71. The van der Waals surface area contributed by atoms with Crippen LogP contribution < -0.4 is 9.47 Å². The van der Waals surface area contributed by atoms with Crippen LogP contribution in [0.1, 0.15) is 23.6 Å². The van der Waals surface area contributed by atoms with Gasteiger partial charge < -0.3 is 9.47 Å². The van der Waals surface area contributed by atoms with Gasteiger partial charge in [-0.2, -0.15) is 5.26 Å². The van der Waals surface area contributed by atoms with Crippen LogP contribution in [0.4, 0.5) is 4.39 Å². The van der Waals surface area contributed by atoms with Gasteiger partial charge in [-0.05, 0) is 43.2 Å². The Morgan fingerprint density at radius 3 is 2.70 bits per heavy atom. The molecule has 3 nitrogen and oxygen atoms in total. The fourth-order valence-electron chi connectivity index (χ4n) is 2.63. The smallest absolute Gasteiger partial charge is 0.166 e. The normalized spacial score (nSPS) is 10.6. The van der Waals surface area contributed by atoms with Crippen LogP contribution in [0.2, 0.25) is 0 Å². The molecule has 2 rings (SSSR count). The summed E-state index contributed by atoms with van der Waals surface area (Å²) in [6, 6.07) is 11.8. The van der Waals surface area contributed by atoms with Crippen LogP contribution in [0, 0.1) is 29.5 Å². The summed E-state index contributed by atoms with van der Waals surface area (Å²) in [6.45, 7) is 6.17. The maximum Gasteiger partial charge on any atom is 0.166 e. The van der Waals surface area contributed by atoms with Crippen LogP contribution in [-0.4, -0.2) is 13.2 Å². The van der Waals surface area contributed by atoms with Crippen molar-refractivity contribution in [1.29, 1.82) is 5.26 Å². The number of rotatable bonds is 8. The van der Waals surface area contributed by atoms with Gasteiger partial charge in [-0.15, -0.1) is 13.0 Å². The van der Waals surface area contributed by atoms with Gasteiger partial charge in [-0.1, -0.05) is 30.2 Å². The first kappa shape index (κ1) is 19.8. The van der Waals surface area contributed by atoms with Crippen molar-refractivity contribution in [3.8, 4) is 29.9 Å². The van der Waals surface area contributed by atoms with Crippen LogP contribution in [0.3, 0.4) is 0 Å². The molecule has 2 aromatic carbocycles. The number of ether oxygens (including phenoxy) is 2. The van der Waals surface area contributed by atoms with Crippen LogP contribution in [0.5, 0.6) is 11.5 Å². The van der Waals surface area contributed by atoms with E-state index < -0.39 is 5.82 Å². The summed E-state index contributed by atoms with van der Waals surface area (Å²) < 4.78 is 25.4. The number of nitrogens with zero attached hydrogens (tertiary/aromatic N) is 1. The second kappa shape index (κ2) is 9.85. The van der Waals surface area contributed by atoms with Gasteiger partial charge >= 0.3 is 0 Å². The maximum atomic E-state index is 14.1. The fourth-order valence-corrected chi connectivity index (χ4v) is 2.63. The standard InChI is InChI=1S/C23H20FNO2/c1-4-9-18-13-17(15-22(26-6-3)23(18)27-12-5-2)14-19(16-25)20-10-7-8-11-21(20)24/h2,4,7-8,10-11,13-15H,1,6,9,12H2,3H3. The van der Waals surface area contributed by atoms with Crippen molar-refractivity contribution in [1.82, 2.24) is 0 Å². The second-order valence-corrected chi connectivity index (χ2v) is 5.58.